The van der Waals surface area contributed by atoms with Crippen molar-refractivity contribution in [3.63, 3.8) is 0 Å². The van der Waals surface area contributed by atoms with E-state index < -0.39 is 6.09 Å². The maximum atomic E-state index is 11.0. The molecule has 1 fully saturated rings. The number of amides is 1. The number of ether oxygens (including phenoxy) is 1. The second-order valence-electron chi connectivity index (χ2n) is 5.61. The maximum absolute atomic E-state index is 11.0. The molecule has 7 heteroatoms. The first kappa shape index (κ1) is 16.3. The molecule has 24 heavy (non-hydrogen) atoms. The van der Waals surface area contributed by atoms with E-state index in [9.17, 15) is 4.79 Å². The van der Waals surface area contributed by atoms with Crippen LogP contribution in [0, 0.1) is 11.3 Å². The number of nitrogens with zero attached hydrogens (tertiary/aromatic N) is 3. The number of rotatable bonds is 4. The van der Waals surface area contributed by atoms with E-state index in [-0.39, 0.29) is 5.92 Å². The molecular formula is C17H17N3O3S. The fraction of sp³-hybridized carbons (Fsp3) is 0.353. The topological polar surface area (TPSA) is 86.5 Å². The van der Waals surface area contributed by atoms with Crippen LogP contribution in [0.4, 0.5) is 4.79 Å². The van der Waals surface area contributed by atoms with Gasteiger partial charge in [-0.2, -0.15) is 5.26 Å². The molecule has 6 nitrogen and oxygen atoms in total. The van der Waals surface area contributed by atoms with E-state index in [0.29, 0.717) is 30.5 Å². The van der Waals surface area contributed by atoms with Crippen LogP contribution in [0.1, 0.15) is 34.2 Å². The standard InChI is InChI=1S/C17H17N3O3S/c18-10-13-4-5-14(24-13)11-23-16-3-1-2-15(19-16)12-6-8-20(9-7-12)17(21)22/h1-5,12H,6-9,11H2,(H,21,22). The Morgan fingerprint density at radius 3 is 2.83 bits per heavy atom. The number of pyridine rings is 1. The molecule has 2 aromatic rings. The normalized spacial score (nSPS) is 15.0. The molecule has 0 saturated carbocycles. The molecule has 0 aliphatic carbocycles. The van der Waals surface area contributed by atoms with E-state index in [1.807, 2.05) is 24.3 Å². The lowest BCUT2D eigenvalue weighted by Crippen LogP contribution is -2.36. The number of likely N-dealkylation sites (tertiary alicyclic amines) is 1. The summed E-state index contributed by atoms with van der Waals surface area (Å²) in [6, 6.07) is 11.5. The van der Waals surface area contributed by atoms with Crippen LogP contribution >= 0.6 is 11.3 Å². The summed E-state index contributed by atoms with van der Waals surface area (Å²) >= 11 is 1.41. The van der Waals surface area contributed by atoms with E-state index in [2.05, 4.69) is 11.1 Å². The lowest BCUT2D eigenvalue weighted by Gasteiger charge is -2.29. The first-order valence-electron chi connectivity index (χ1n) is 7.72. The first-order chi connectivity index (χ1) is 11.7. The predicted molar refractivity (Wildman–Crippen MR) is 89.2 cm³/mol. The number of carboxylic acid groups (broad SMARTS) is 1. The van der Waals surface area contributed by atoms with Crippen molar-refractivity contribution in [3.8, 4) is 11.9 Å². The molecule has 0 unspecified atom stereocenters. The second-order valence-corrected chi connectivity index (χ2v) is 6.78. The van der Waals surface area contributed by atoms with Crippen LogP contribution in [-0.2, 0) is 6.61 Å². The Bertz CT molecular complexity index is 760. The molecule has 0 atom stereocenters. The van der Waals surface area contributed by atoms with Crippen LogP contribution in [0.3, 0.4) is 0 Å². The molecule has 1 N–H and O–H groups in total. The average molecular weight is 343 g/mol. The average Bonchev–Trinajstić information content (AvgIpc) is 3.08. The molecule has 0 radical (unpaired) electrons. The number of hydrogen-bond donors (Lipinski definition) is 1. The van der Waals surface area contributed by atoms with Gasteiger partial charge in [0.15, 0.2) is 0 Å². The third-order valence-corrected chi connectivity index (χ3v) is 5.03. The number of carbonyl (C=O) groups is 1. The monoisotopic (exact) mass is 343 g/mol. The van der Waals surface area contributed by atoms with Crippen LogP contribution < -0.4 is 4.74 Å². The van der Waals surface area contributed by atoms with E-state index in [0.717, 1.165) is 23.4 Å². The van der Waals surface area contributed by atoms with Crippen molar-refractivity contribution in [2.45, 2.75) is 25.4 Å². The molecule has 0 bridgehead atoms. The lowest BCUT2D eigenvalue weighted by molar-refractivity contribution is 0.131. The summed E-state index contributed by atoms with van der Waals surface area (Å²) in [6.45, 7) is 1.47. The highest BCUT2D eigenvalue weighted by atomic mass is 32.1. The fourth-order valence-corrected chi connectivity index (χ4v) is 3.48. The minimum absolute atomic E-state index is 0.260. The smallest absolute Gasteiger partial charge is 0.407 e. The Hall–Kier alpha value is -2.59. The summed E-state index contributed by atoms with van der Waals surface area (Å²) < 4.78 is 5.73. The van der Waals surface area contributed by atoms with Gasteiger partial charge in [-0.05, 0) is 31.0 Å². The molecule has 124 valence electrons. The number of nitriles is 1. The second kappa shape index (κ2) is 7.32. The molecule has 1 saturated heterocycles. The van der Waals surface area contributed by atoms with E-state index in [1.165, 1.54) is 16.2 Å². The van der Waals surface area contributed by atoms with Gasteiger partial charge in [0.1, 0.15) is 17.6 Å². The number of aromatic nitrogens is 1. The van der Waals surface area contributed by atoms with Gasteiger partial charge < -0.3 is 14.7 Å². The Balaban J connectivity index is 1.60. The molecule has 0 aromatic carbocycles. The van der Waals surface area contributed by atoms with Crippen LogP contribution in [0.5, 0.6) is 5.88 Å². The quantitative estimate of drug-likeness (QED) is 0.919. The molecule has 2 aromatic heterocycles. The summed E-state index contributed by atoms with van der Waals surface area (Å²) in [6.07, 6.45) is 0.699. The SMILES string of the molecule is N#Cc1ccc(COc2cccc(C3CCN(C(=O)O)CC3)n2)s1. The lowest BCUT2D eigenvalue weighted by atomic mass is 9.93. The number of hydrogen-bond acceptors (Lipinski definition) is 5. The maximum Gasteiger partial charge on any atom is 0.407 e. The molecule has 1 aliphatic rings. The zero-order valence-corrected chi connectivity index (χ0v) is 13.8. The number of piperidine rings is 1. The summed E-state index contributed by atoms with van der Waals surface area (Å²) in [5, 5.41) is 17.8. The van der Waals surface area contributed by atoms with Gasteiger partial charge in [-0.15, -0.1) is 11.3 Å². The molecule has 0 spiro atoms. The Morgan fingerprint density at radius 1 is 1.38 bits per heavy atom. The van der Waals surface area contributed by atoms with E-state index >= 15 is 0 Å². The van der Waals surface area contributed by atoms with Gasteiger partial charge in [-0.1, -0.05) is 6.07 Å². The summed E-state index contributed by atoms with van der Waals surface area (Å²) in [5.74, 6) is 0.816. The van der Waals surface area contributed by atoms with Crippen LogP contribution in [-0.4, -0.2) is 34.2 Å². The summed E-state index contributed by atoms with van der Waals surface area (Å²) in [7, 11) is 0. The van der Waals surface area contributed by atoms with Crippen molar-refractivity contribution in [1.82, 2.24) is 9.88 Å². The zero-order chi connectivity index (χ0) is 16.9. The molecule has 3 heterocycles. The highest BCUT2D eigenvalue weighted by molar-refractivity contribution is 7.12. The third kappa shape index (κ3) is 3.84. The van der Waals surface area contributed by atoms with Gasteiger partial charge in [0, 0.05) is 35.6 Å². The summed E-state index contributed by atoms with van der Waals surface area (Å²) in [4.78, 5) is 18.6. The van der Waals surface area contributed by atoms with Gasteiger partial charge >= 0.3 is 6.09 Å². The predicted octanol–water partition coefficient (Wildman–Crippen LogP) is 3.45. The minimum Gasteiger partial charge on any atom is -0.472 e. The third-order valence-electron chi connectivity index (χ3n) is 4.06. The molecule has 1 aliphatic heterocycles. The fourth-order valence-electron chi connectivity index (χ4n) is 2.77. The summed E-state index contributed by atoms with van der Waals surface area (Å²) in [5.41, 5.74) is 0.946. The van der Waals surface area contributed by atoms with E-state index in [1.54, 1.807) is 6.07 Å². The largest absolute Gasteiger partial charge is 0.472 e. The van der Waals surface area contributed by atoms with E-state index in [4.69, 9.17) is 15.1 Å². The molecule has 3 rings (SSSR count). The van der Waals surface area contributed by atoms with Crippen molar-refractivity contribution in [2.24, 2.45) is 0 Å². The highest BCUT2D eigenvalue weighted by Gasteiger charge is 2.24. The Kier molecular flexibility index (Phi) is 4.96. The van der Waals surface area contributed by atoms with Crippen molar-refractivity contribution in [1.29, 1.82) is 5.26 Å². The van der Waals surface area contributed by atoms with Crippen LogP contribution in [0.2, 0.25) is 0 Å². The zero-order valence-electron chi connectivity index (χ0n) is 13.0. The van der Waals surface area contributed by atoms with Gasteiger partial charge in [0.2, 0.25) is 5.88 Å². The first-order valence-corrected chi connectivity index (χ1v) is 8.54. The number of thiophene rings is 1. The van der Waals surface area contributed by atoms with Crippen molar-refractivity contribution in [2.75, 3.05) is 13.1 Å². The molecular weight excluding hydrogens is 326 g/mol. The van der Waals surface area contributed by atoms with Gasteiger partial charge in [-0.25, -0.2) is 9.78 Å². The minimum atomic E-state index is -0.855. The Labute approximate surface area is 143 Å². The van der Waals surface area contributed by atoms with Crippen molar-refractivity contribution >= 4 is 17.4 Å². The van der Waals surface area contributed by atoms with Crippen molar-refractivity contribution in [3.05, 3.63) is 45.8 Å². The van der Waals surface area contributed by atoms with Gasteiger partial charge in [0.25, 0.3) is 0 Å². The van der Waals surface area contributed by atoms with Gasteiger partial charge in [0.05, 0.1) is 0 Å². The van der Waals surface area contributed by atoms with Crippen molar-refractivity contribution < 1.29 is 14.6 Å². The Morgan fingerprint density at radius 2 is 2.17 bits per heavy atom. The van der Waals surface area contributed by atoms with Crippen LogP contribution in [0.25, 0.3) is 0 Å². The molecule has 1 amide bonds. The van der Waals surface area contributed by atoms with Crippen LogP contribution in [0.15, 0.2) is 30.3 Å². The highest BCUT2D eigenvalue weighted by Crippen LogP contribution is 2.28. The van der Waals surface area contributed by atoms with Gasteiger partial charge in [-0.3, -0.25) is 0 Å².